The summed E-state index contributed by atoms with van der Waals surface area (Å²) in [7, 11) is -4.20. The average molecular weight is 605 g/mol. The Balaban J connectivity index is 2.06. The van der Waals surface area contributed by atoms with Crippen molar-refractivity contribution in [2.24, 2.45) is 5.92 Å². The summed E-state index contributed by atoms with van der Waals surface area (Å²) in [5.41, 5.74) is 2.04. The minimum atomic E-state index is -4.20. The fraction of sp³-hybridized carbons (Fsp3) is 0.333. The van der Waals surface area contributed by atoms with Crippen LogP contribution in [-0.2, 0) is 26.2 Å². The molecule has 0 spiro atoms. The van der Waals surface area contributed by atoms with Crippen LogP contribution < -0.4 is 9.62 Å². The van der Waals surface area contributed by atoms with Crippen LogP contribution in [0.15, 0.2) is 77.7 Å². The van der Waals surface area contributed by atoms with Gasteiger partial charge in [0.2, 0.25) is 11.8 Å². The van der Waals surface area contributed by atoms with Gasteiger partial charge in [-0.25, -0.2) is 8.42 Å². The number of nitrogens with one attached hydrogen (secondary N) is 1. The molecule has 0 unspecified atom stereocenters. The SMILES string of the molecule is CC[C@@H](C(=O)NCC(C)C)N(Cc1ccccc1C)C(=O)CN(c1cccc(Cl)c1)S(=O)(=O)c1ccc(Cl)cc1. The van der Waals surface area contributed by atoms with E-state index in [9.17, 15) is 18.0 Å². The largest absolute Gasteiger partial charge is 0.354 e. The van der Waals surface area contributed by atoms with E-state index in [0.29, 0.717) is 23.0 Å². The average Bonchev–Trinajstić information content (AvgIpc) is 2.91. The first-order valence-electron chi connectivity index (χ1n) is 13.1. The molecule has 0 saturated heterocycles. The number of hydrogen-bond acceptors (Lipinski definition) is 4. The molecule has 0 fully saturated rings. The zero-order valence-electron chi connectivity index (χ0n) is 23.1. The van der Waals surface area contributed by atoms with Crippen molar-refractivity contribution in [1.29, 1.82) is 0 Å². The molecule has 0 radical (unpaired) electrons. The fourth-order valence-corrected chi connectivity index (χ4v) is 5.92. The van der Waals surface area contributed by atoms with Gasteiger partial charge in [0.15, 0.2) is 0 Å². The second kappa shape index (κ2) is 14.0. The van der Waals surface area contributed by atoms with E-state index in [2.05, 4.69) is 5.32 Å². The van der Waals surface area contributed by atoms with Crippen LogP contribution in [0.5, 0.6) is 0 Å². The molecule has 10 heteroatoms. The lowest BCUT2D eigenvalue weighted by molar-refractivity contribution is -0.140. The lowest BCUT2D eigenvalue weighted by atomic mass is 10.1. The van der Waals surface area contributed by atoms with Crippen LogP contribution in [-0.4, -0.2) is 44.3 Å². The molecule has 214 valence electrons. The molecule has 0 bridgehead atoms. The van der Waals surface area contributed by atoms with Crippen molar-refractivity contribution in [1.82, 2.24) is 10.2 Å². The zero-order valence-corrected chi connectivity index (χ0v) is 25.4. The van der Waals surface area contributed by atoms with E-state index in [1.807, 2.05) is 52.0 Å². The summed E-state index contributed by atoms with van der Waals surface area (Å²) in [5.74, 6) is -0.579. The third kappa shape index (κ3) is 7.99. The van der Waals surface area contributed by atoms with Gasteiger partial charge in [-0.05, 0) is 72.9 Å². The van der Waals surface area contributed by atoms with Gasteiger partial charge in [0.05, 0.1) is 10.6 Å². The first-order valence-corrected chi connectivity index (χ1v) is 15.3. The number of hydrogen-bond donors (Lipinski definition) is 1. The summed E-state index contributed by atoms with van der Waals surface area (Å²) in [4.78, 5) is 28.8. The molecule has 0 aliphatic carbocycles. The Morgan fingerprint density at radius 1 is 0.925 bits per heavy atom. The van der Waals surface area contributed by atoms with E-state index in [0.717, 1.165) is 15.4 Å². The van der Waals surface area contributed by atoms with Gasteiger partial charge in [0.1, 0.15) is 12.6 Å². The highest BCUT2D eigenvalue weighted by Crippen LogP contribution is 2.28. The van der Waals surface area contributed by atoms with Crippen LogP contribution in [0, 0.1) is 12.8 Å². The summed E-state index contributed by atoms with van der Waals surface area (Å²) < 4.78 is 28.8. The standard InChI is InChI=1S/C30H35Cl2N3O4S/c1-5-28(30(37)33-18-21(2)3)34(19-23-10-7-6-9-22(23)4)29(36)20-35(26-12-8-11-25(32)17-26)40(38,39)27-15-13-24(31)14-16-27/h6-17,21,28H,5,18-20H2,1-4H3,(H,33,37)/t28-/m0/s1. The second-order valence-electron chi connectivity index (χ2n) is 9.96. The number of sulfonamides is 1. The summed E-state index contributed by atoms with van der Waals surface area (Å²) in [5, 5.41) is 3.63. The highest BCUT2D eigenvalue weighted by atomic mass is 35.5. The maximum atomic E-state index is 14.1. The van der Waals surface area contributed by atoms with Crippen molar-refractivity contribution >= 4 is 50.7 Å². The lowest BCUT2D eigenvalue weighted by Crippen LogP contribution is -2.52. The Kier molecular flexibility index (Phi) is 11.0. The van der Waals surface area contributed by atoms with E-state index in [4.69, 9.17) is 23.2 Å². The van der Waals surface area contributed by atoms with Crippen LogP contribution in [0.2, 0.25) is 10.0 Å². The van der Waals surface area contributed by atoms with Crippen molar-refractivity contribution < 1.29 is 18.0 Å². The van der Waals surface area contributed by atoms with Gasteiger partial charge in [0.25, 0.3) is 10.0 Å². The number of anilines is 1. The molecule has 3 rings (SSSR count). The molecular formula is C30H35Cl2N3O4S. The molecule has 7 nitrogen and oxygen atoms in total. The van der Waals surface area contributed by atoms with Crippen molar-refractivity contribution in [2.45, 2.75) is 51.6 Å². The van der Waals surface area contributed by atoms with E-state index in [-0.39, 0.29) is 29.0 Å². The van der Waals surface area contributed by atoms with Gasteiger partial charge in [-0.3, -0.25) is 13.9 Å². The molecule has 0 aromatic heterocycles. The van der Waals surface area contributed by atoms with Crippen LogP contribution in [0.4, 0.5) is 5.69 Å². The topological polar surface area (TPSA) is 86.8 Å². The van der Waals surface area contributed by atoms with E-state index in [1.165, 1.54) is 35.2 Å². The van der Waals surface area contributed by atoms with Crippen LogP contribution in [0.3, 0.4) is 0 Å². The number of carbonyl (C=O) groups excluding carboxylic acids is 2. The predicted molar refractivity (Wildman–Crippen MR) is 161 cm³/mol. The first-order chi connectivity index (χ1) is 18.9. The number of rotatable bonds is 12. The molecule has 40 heavy (non-hydrogen) atoms. The van der Waals surface area contributed by atoms with Gasteiger partial charge < -0.3 is 10.2 Å². The Labute approximate surface area is 247 Å². The van der Waals surface area contributed by atoms with Crippen molar-refractivity contribution in [3.05, 3.63) is 94.0 Å². The highest BCUT2D eigenvalue weighted by molar-refractivity contribution is 7.92. The predicted octanol–water partition coefficient (Wildman–Crippen LogP) is 6.08. The molecule has 0 aliphatic heterocycles. The summed E-state index contributed by atoms with van der Waals surface area (Å²) >= 11 is 12.2. The van der Waals surface area contributed by atoms with E-state index in [1.54, 1.807) is 18.2 Å². The molecule has 0 aliphatic rings. The Hall–Kier alpha value is -3.07. The van der Waals surface area contributed by atoms with Crippen LogP contribution >= 0.6 is 23.2 Å². The molecule has 3 aromatic carbocycles. The third-order valence-electron chi connectivity index (χ3n) is 6.45. The molecule has 2 amide bonds. The lowest BCUT2D eigenvalue weighted by Gasteiger charge is -2.33. The minimum absolute atomic E-state index is 0.0307. The summed E-state index contributed by atoms with van der Waals surface area (Å²) in [6.45, 7) is 7.80. The van der Waals surface area contributed by atoms with Crippen molar-refractivity contribution in [3.63, 3.8) is 0 Å². The van der Waals surface area contributed by atoms with Gasteiger partial charge in [-0.15, -0.1) is 0 Å². The number of carbonyl (C=O) groups is 2. The quantitative estimate of drug-likeness (QED) is 0.272. The third-order valence-corrected chi connectivity index (χ3v) is 8.72. The number of benzene rings is 3. The first kappa shape index (κ1) is 31.5. The highest BCUT2D eigenvalue weighted by Gasteiger charge is 2.34. The normalized spacial score (nSPS) is 12.2. The maximum Gasteiger partial charge on any atom is 0.264 e. The molecule has 3 aromatic rings. The Morgan fingerprint density at radius 2 is 1.60 bits per heavy atom. The molecule has 0 heterocycles. The van der Waals surface area contributed by atoms with Crippen molar-refractivity contribution in [2.75, 3.05) is 17.4 Å². The molecular weight excluding hydrogens is 569 g/mol. The number of aryl methyl sites for hydroxylation is 1. The molecule has 1 atom stereocenters. The van der Waals surface area contributed by atoms with E-state index >= 15 is 0 Å². The van der Waals surface area contributed by atoms with E-state index < -0.39 is 28.5 Å². The van der Waals surface area contributed by atoms with Crippen LogP contribution in [0.1, 0.15) is 38.3 Å². The number of amides is 2. The van der Waals surface area contributed by atoms with Gasteiger partial charge in [-0.2, -0.15) is 0 Å². The second-order valence-corrected chi connectivity index (χ2v) is 12.7. The van der Waals surface area contributed by atoms with Gasteiger partial charge in [0, 0.05) is 23.1 Å². The van der Waals surface area contributed by atoms with Gasteiger partial charge in [-0.1, -0.05) is 74.3 Å². The maximum absolute atomic E-state index is 14.1. The summed E-state index contributed by atoms with van der Waals surface area (Å²) in [6.07, 6.45) is 0.350. The zero-order chi connectivity index (χ0) is 29.4. The van der Waals surface area contributed by atoms with Gasteiger partial charge >= 0.3 is 0 Å². The molecule has 0 saturated carbocycles. The Bertz CT molecular complexity index is 1430. The minimum Gasteiger partial charge on any atom is -0.354 e. The Morgan fingerprint density at radius 3 is 2.20 bits per heavy atom. The van der Waals surface area contributed by atoms with Crippen LogP contribution in [0.25, 0.3) is 0 Å². The molecule has 1 N–H and O–H groups in total. The fourth-order valence-electron chi connectivity index (χ4n) is 4.21. The summed E-state index contributed by atoms with van der Waals surface area (Å²) in [6, 6.07) is 18.8. The number of nitrogens with zero attached hydrogens (tertiary/aromatic N) is 2. The van der Waals surface area contributed by atoms with Crippen molar-refractivity contribution in [3.8, 4) is 0 Å². The smallest absolute Gasteiger partial charge is 0.264 e. The monoisotopic (exact) mass is 603 g/mol. The number of halogens is 2.